The highest BCUT2D eigenvalue weighted by Crippen LogP contribution is 2.19. The molecule has 2 atom stereocenters. The molecule has 98 valence electrons. The van der Waals surface area contributed by atoms with Gasteiger partial charge in [0.05, 0.1) is 5.92 Å². The molecule has 3 nitrogen and oxygen atoms in total. The van der Waals surface area contributed by atoms with Gasteiger partial charge in [-0.2, -0.15) is 0 Å². The van der Waals surface area contributed by atoms with Crippen molar-refractivity contribution in [1.82, 2.24) is 10.6 Å². The Balaban J connectivity index is 1.99. The van der Waals surface area contributed by atoms with Crippen molar-refractivity contribution in [1.29, 1.82) is 0 Å². The number of rotatable bonds is 5. The van der Waals surface area contributed by atoms with Crippen LogP contribution in [0.4, 0.5) is 0 Å². The zero-order valence-electron chi connectivity index (χ0n) is 10.6. The van der Waals surface area contributed by atoms with Crippen LogP contribution >= 0.6 is 11.6 Å². The Labute approximate surface area is 113 Å². The lowest BCUT2D eigenvalue weighted by Gasteiger charge is -2.18. The minimum absolute atomic E-state index is 0.0807. The van der Waals surface area contributed by atoms with Gasteiger partial charge >= 0.3 is 0 Å². The van der Waals surface area contributed by atoms with Crippen LogP contribution in [0, 0.1) is 0 Å². The molecule has 0 unspecified atom stereocenters. The molecule has 1 aliphatic rings. The van der Waals surface area contributed by atoms with Crippen molar-refractivity contribution in [3.05, 3.63) is 34.9 Å². The van der Waals surface area contributed by atoms with Crippen LogP contribution in [-0.4, -0.2) is 31.5 Å². The van der Waals surface area contributed by atoms with Crippen LogP contribution in [0.2, 0.25) is 5.02 Å². The monoisotopic (exact) mass is 266 g/mol. The normalized spacial score (nSPS) is 20.9. The van der Waals surface area contributed by atoms with E-state index in [4.69, 9.17) is 11.6 Å². The second kappa shape index (κ2) is 6.32. The summed E-state index contributed by atoms with van der Waals surface area (Å²) in [4.78, 5) is 11.7. The zero-order valence-corrected chi connectivity index (χ0v) is 11.3. The van der Waals surface area contributed by atoms with Gasteiger partial charge < -0.3 is 10.6 Å². The van der Waals surface area contributed by atoms with E-state index < -0.39 is 0 Å². The van der Waals surface area contributed by atoms with Crippen LogP contribution in [0.25, 0.3) is 0 Å². The average molecular weight is 267 g/mol. The fraction of sp³-hybridized carbons (Fsp3) is 0.500. The van der Waals surface area contributed by atoms with Crippen LogP contribution in [0.15, 0.2) is 24.3 Å². The third-order valence-corrected chi connectivity index (χ3v) is 3.69. The lowest BCUT2D eigenvalue weighted by molar-refractivity contribution is -0.118. The molecule has 0 amide bonds. The molecule has 18 heavy (non-hydrogen) atoms. The molecule has 0 aromatic heterocycles. The molecule has 1 aliphatic heterocycles. The Kier molecular flexibility index (Phi) is 4.75. The number of Topliss-reactive ketones (excluding diaryl/α,β-unsaturated/α-hetero) is 1. The number of nitrogens with one attached hydrogen (secondary N) is 2. The van der Waals surface area contributed by atoms with Gasteiger partial charge in [0, 0.05) is 24.2 Å². The highest BCUT2D eigenvalue weighted by molar-refractivity contribution is 6.30. The summed E-state index contributed by atoms with van der Waals surface area (Å²) in [6, 6.07) is 8.03. The summed E-state index contributed by atoms with van der Waals surface area (Å²) >= 11 is 5.87. The van der Waals surface area contributed by atoms with Gasteiger partial charge in [0.1, 0.15) is 5.78 Å². The molecular formula is C14H19ClN2O. The third-order valence-electron chi connectivity index (χ3n) is 3.43. The number of benzene rings is 1. The van der Waals surface area contributed by atoms with E-state index in [-0.39, 0.29) is 11.7 Å². The number of hydrogen-bond acceptors (Lipinski definition) is 3. The molecule has 2 rings (SSSR count). The molecule has 0 radical (unpaired) electrons. The molecule has 1 aromatic rings. The summed E-state index contributed by atoms with van der Waals surface area (Å²) < 4.78 is 0. The first-order chi connectivity index (χ1) is 8.66. The van der Waals surface area contributed by atoms with Gasteiger partial charge in [0.25, 0.3) is 0 Å². The van der Waals surface area contributed by atoms with Gasteiger partial charge in [-0.25, -0.2) is 0 Å². The Morgan fingerprint density at radius 1 is 1.50 bits per heavy atom. The van der Waals surface area contributed by atoms with E-state index in [1.165, 1.54) is 0 Å². The fourth-order valence-corrected chi connectivity index (χ4v) is 2.43. The van der Waals surface area contributed by atoms with Crippen LogP contribution in [0.5, 0.6) is 0 Å². The highest BCUT2D eigenvalue weighted by atomic mass is 35.5. The predicted octanol–water partition coefficient (Wildman–Crippen LogP) is 1.96. The molecule has 4 heteroatoms. The molecule has 0 aliphatic carbocycles. The largest absolute Gasteiger partial charge is 0.315 e. The summed E-state index contributed by atoms with van der Waals surface area (Å²) in [6.07, 6.45) is 1.13. The number of hydrogen-bond donors (Lipinski definition) is 2. The number of carbonyl (C=O) groups is 1. The van der Waals surface area contributed by atoms with Crippen molar-refractivity contribution < 1.29 is 4.79 Å². The lowest BCUT2D eigenvalue weighted by Crippen LogP contribution is -2.35. The van der Waals surface area contributed by atoms with E-state index in [1.807, 2.05) is 24.3 Å². The van der Waals surface area contributed by atoms with Gasteiger partial charge in [-0.05, 0) is 37.6 Å². The maximum Gasteiger partial charge on any atom is 0.138 e. The van der Waals surface area contributed by atoms with E-state index in [0.717, 1.165) is 25.1 Å². The fourth-order valence-electron chi connectivity index (χ4n) is 2.30. The lowest BCUT2D eigenvalue weighted by atomic mass is 9.95. The first-order valence-corrected chi connectivity index (χ1v) is 6.74. The van der Waals surface area contributed by atoms with Crippen LogP contribution in [0.3, 0.4) is 0 Å². The second-order valence-electron chi connectivity index (χ2n) is 4.81. The maximum absolute atomic E-state index is 11.7. The molecule has 2 N–H and O–H groups in total. The Bertz CT molecular complexity index is 399. The second-order valence-corrected chi connectivity index (χ2v) is 5.25. The van der Waals surface area contributed by atoms with Crippen molar-refractivity contribution in [2.24, 2.45) is 0 Å². The van der Waals surface area contributed by atoms with Crippen molar-refractivity contribution in [2.45, 2.75) is 25.3 Å². The minimum atomic E-state index is -0.0807. The molecule has 1 heterocycles. The van der Waals surface area contributed by atoms with Gasteiger partial charge in [0.15, 0.2) is 0 Å². The van der Waals surface area contributed by atoms with Crippen LogP contribution < -0.4 is 10.6 Å². The van der Waals surface area contributed by atoms with E-state index in [9.17, 15) is 4.79 Å². The Morgan fingerprint density at radius 2 is 2.22 bits per heavy atom. The number of carbonyl (C=O) groups excluding carboxylic acids is 1. The van der Waals surface area contributed by atoms with E-state index in [0.29, 0.717) is 17.6 Å². The topological polar surface area (TPSA) is 41.1 Å². The van der Waals surface area contributed by atoms with E-state index >= 15 is 0 Å². The summed E-state index contributed by atoms with van der Waals surface area (Å²) in [5, 5.41) is 7.47. The number of halogens is 1. The minimum Gasteiger partial charge on any atom is -0.315 e. The summed E-state index contributed by atoms with van der Waals surface area (Å²) in [7, 11) is 0. The van der Waals surface area contributed by atoms with Crippen molar-refractivity contribution in [3.8, 4) is 0 Å². The van der Waals surface area contributed by atoms with Gasteiger partial charge in [0.2, 0.25) is 0 Å². The summed E-state index contributed by atoms with van der Waals surface area (Å²) in [5.41, 5.74) is 1.03. The standard InChI is InChI=1S/C14H19ClN2O/c1-10(18)14(9-17-13-6-7-16-8-13)11-2-4-12(15)5-3-11/h2-5,13-14,16-17H,6-9H2,1H3/t13-,14+/m1/s1. The highest BCUT2D eigenvalue weighted by Gasteiger charge is 2.20. The molecular weight excluding hydrogens is 248 g/mol. The van der Waals surface area contributed by atoms with Crippen LogP contribution in [-0.2, 0) is 4.79 Å². The molecule has 1 fully saturated rings. The van der Waals surface area contributed by atoms with Gasteiger partial charge in [-0.3, -0.25) is 4.79 Å². The molecule has 0 bridgehead atoms. The maximum atomic E-state index is 11.7. The Morgan fingerprint density at radius 3 is 2.78 bits per heavy atom. The number of ketones is 1. The quantitative estimate of drug-likeness (QED) is 0.856. The smallest absolute Gasteiger partial charge is 0.138 e. The van der Waals surface area contributed by atoms with Crippen molar-refractivity contribution in [3.63, 3.8) is 0 Å². The zero-order chi connectivity index (χ0) is 13.0. The summed E-state index contributed by atoms with van der Waals surface area (Å²) in [6.45, 7) is 4.39. The van der Waals surface area contributed by atoms with Gasteiger partial charge in [-0.15, -0.1) is 0 Å². The third kappa shape index (κ3) is 3.55. The molecule has 1 saturated heterocycles. The van der Waals surface area contributed by atoms with Crippen molar-refractivity contribution in [2.75, 3.05) is 19.6 Å². The Hall–Kier alpha value is -0.900. The molecule has 1 aromatic carbocycles. The summed E-state index contributed by atoms with van der Waals surface area (Å²) in [5.74, 6) is 0.110. The predicted molar refractivity (Wildman–Crippen MR) is 74.2 cm³/mol. The van der Waals surface area contributed by atoms with E-state index in [2.05, 4.69) is 10.6 Å². The molecule has 0 spiro atoms. The van der Waals surface area contributed by atoms with E-state index in [1.54, 1.807) is 6.92 Å². The average Bonchev–Trinajstić information content (AvgIpc) is 2.84. The first kappa shape index (κ1) is 13.5. The molecule has 0 saturated carbocycles. The van der Waals surface area contributed by atoms with Gasteiger partial charge in [-0.1, -0.05) is 23.7 Å². The SMILES string of the molecule is CC(=O)[C@H](CN[C@@H]1CCNC1)c1ccc(Cl)cc1. The van der Waals surface area contributed by atoms with Crippen LogP contribution in [0.1, 0.15) is 24.8 Å². The first-order valence-electron chi connectivity index (χ1n) is 6.37. The van der Waals surface area contributed by atoms with Crippen molar-refractivity contribution >= 4 is 17.4 Å².